The third-order valence-electron chi connectivity index (χ3n) is 2.79. The molecule has 0 aliphatic rings. The summed E-state index contributed by atoms with van der Waals surface area (Å²) in [7, 11) is 0. The Morgan fingerprint density at radius 1 is 1.26 bits per heavy atom. The molecule has 0 unspecified atom stereocenters. The van der Waals surface area contributed by atoms with Crippen LogP contribution in [0, 0.1) is 5.82 Å². The number of nitrogens with zero attached hydrogens (tertiary/aromatic N) is 3. The molecule has 1 N–H and O–H groups in total. The van der Waals surface area contributed by atoms with Crippen LogP contribution in [0.4, 0.5) is 4.39 Å². The zero-order valence-corrected chi connectivity index (χ0v) is 9.71. The number of H-pyrrole nitrogens is 1. The second-order valence-corrected chi connectivity index (χ2v) is 4.08. The molecule has 2 heterocycles. The van der Waals surface area contributed by atoms with E-state index in [4.69, 9.17) is 0 Å². The zero-order valence-electron chi connectivity index (χ0n) is 9.71. The van der Waals surface area contributed by atoms with Crippen molar-refractivity contribution in [3.8, 4) is 0 Å². The van der Waals surface area contributed by atoms with Gasteiger partial charge in [-0.2, -0.15) is 0 Å². The van der Waals surface area contributed by atoms with Crippen LogP contribution >= 0.6 is 0 Å². The van der Waals surface area contributed by atoms with Gasteiger partial charge >= 0.3 is 5.69 Å². The Balaban J connectivity index is 2.09. The van der Waals surface area contributed by atoms with Crippen molar-refractivity contribution < 1.29 is 4.39 Å². The molecule has 1 aromatic carbocycles. The van der Waals surface area contributed by atoms with E-state index in [1.807, 2.05) is 0 Å². The summed E-state index contributed by atoms with van der Waals surface area (Å²) in [6.07, 6.45) is 2.92. The minimum atomic E-state index is -0.468. The van der Waals surface area contributed by atoms with E-state index in [0.717, 1.165) is 4.40 Å². The van der Waals surface area contributed by atoms with Gasteiger partial charge in [0.05, 0.1) is 6.54 Å². The van der Waals surface area contributed by atoms with Crippen LogP contribution in [-0.2, 0) is 6.54 Å². The largest absolute Gasteiger partial charge is 0.347 e. The summed E-state index contributed by atoms with van der Waals surface area (Å²) in [5.41, 5.74) is -0.205. The molecular formula is C12H9FN4O2. The molecule has 0 amide bonds. The van der Waals surface area contributed by atoms with Crippen LogP contribution < -0.4 is 11.2 Å². The summed E-state index contributed by atoms with van der Waals surface area (Å²) in [6.45, 7) is 0.216. The minimum absolute atomic E-state index is 0.0175. The van der Waals surface area contributed by atoms with Crippen LogP contribution in [0.15, 0.2) is 46.2 Å². The Bertz CT molecular complexity index is 862. The maximum Gasteiger partial charge on any atom is 0.347 e. The lowest BCUT2D eigenvalue weighted by atomic mass is 10.2. The van der Waals surface area contributed by atoms with Gasteiger partial charge in [-0.05, 0) is 17.7 Å². The lowest BCUT2D eigenvalue weighted by molar-refractivity contribution is 0.622. The van der Waals surface area contributed by atoms with Gasteiger partial charge in [0, 0.05) is 12.4 Å². The zero-order chi connectivity index (χ0) is 13.4. The first-order valence-corrected chi connectivity index (χ1v) is 5.56. The molecule has 3 aromatic rings. The van der Waals surface area contributed by atoms with E-state index in [2.05, 4.69) is 10.2 Å². The van der Waals surface area contributed by atoms with E-state index in [9.17, 15) is 14.0 Å². The van der Waals surface area contributed by atoms with Gasteiger partial charge in [0.15, 0.2) is 0 Å². The van der Waals surface area contributed by atoms with E-state index in [0.29, 0.717) is 5.56 Å². The molecule has 3 rings (SSSR count). The average molecular weight is 260 g/mol. The van der Waals surface area contributed by atoms with Gasteiger partial charge in [0.25, 0.3) is 5.56 Å². The number of benzene rings is 1. The highest BCUT2D eigenvalue weighted by molar-refractivity contribution is 5.33. The first-order valence-electron chi connectivity index (χ1n) is 5.56. The standard InChI is InChI=1S/C12H9FN4O2/c13-9-3-1-2-8(6-9)7-16-4-5-17-10(11(16)18)14-15-12(17)19/h1-6H,7H2,(H,15,19). The molecule has 19 heavy (non-hydrogen) atoms. The molecule has 6 nitrogen and oxygen atoms in total. The Hall–Kier alpha value is -2.70. The molecule has 0 aliphatic carbocycles. The number of hydrogen-bond donors (Lipinski definition) is 1. The van der Waals surface area contributed by atoms with Crippen LogP contribution in [0.1, 0.15) is 5.56 Å². The van der Waals surface area contributed by atoms with Gasteiger partial charge in [0.1, 0.15) is 5.82 Å². The van der Waals surface area contributed by atoms with E-state index < -0.39 is 11.2 Å². The fourth-order valence-corrected chi connectivity index (χ4v) is 1.89. The average Bonchev–Trinajstić information content (AvgIpc) is 2.76. The predicted octanol–water partition coefficient (Wildman–Crippen LogP) is 0.372. The molecule has 0 aliphatic heterocycles. The first kappa shape index (κ1) is 11.4. The highest BCUT2D eigenvalue weighted by Crippen LogP contribution is 2.04. The topological polar surface area (TPSA) is 72.2 Å². The van der Waals surface area contributed by atoms with Gasteiger partial charge in [0.2, 0.25) is 5.65 Å². The van der Waals surface area contributed by atoms with Crippen molar-refractivity contribution in [3.63, 3.8) is 0 Å². The summed E-state index contributed by atoms with van der Waals surface area (Å²) in [6, 6.07) is 5.99. The third kappa shape index (κ3) is 1.95. The summed E-state index contributed by atoms with van der Waals surface area (Å²) in [5, 5.41) is 5.86. The number of aromatic nitrogens is 4. The van der Waals surface area contributed by atoms with E-state index in [-0.39, 0.29) is 18.0 Å². The Morgan fingerprint density at radius 3 is 2.89 bits per heavy atom. The van der Waals surface area contributed by atoms with Crippen LogP contribution in [0.5, 0.6) is 0 Å². The maximum atomic E-state index is 13.1. The fourth-order valence-electron chi connectivity index (χ4n) is 1.89. The second kappa shape index (κ2) is 4.20. The van der Waals surface area contributed by atoms with Crippen molar-refractivity contribution in [2.45, 2.75) is 6.54 Å². The number of nitrogens with one attached hydrogen (secondary N) is 1. The summed E-state index contributed by atoms with van der Waals surface area (Å²) in [5.74, 6) is -0.359. The summed E-state index contributed by atoms with van der Waals surface area (Å²) >= 11 is 0. The molecule has 0 bridgehead atoms. The number of fused-ring (bicyclic) bond motifs is 1. The Kier molecular flexibility index (Phi) is 2.52. The van der Waals surface area contributed by atoms with Crippen LogP contribution in [-0.4, -0.2) is 19.2 Å². The molecule has 0 atom stereocenters. The summed E-state index contributed by atoms with van der Waals surface area (Å²) in [4.78, 5) is 23.4. The predicted molar refractivity (Wildman–Crippen MR) is 65.6 cm³/mol. The monoisotopic (exact) mass is 260 g/mol. The fraction of sp³-hybridized carbons (Fsp3) is 0.0833. The van der Waals surface area contributed by atoms with Gasteiger partial charge < -0.3 is 4.57 Å². The quantitative estimate of drug-likeness (QED) is 0.723. The smallest absolute Gasteiger partial charge is 0.306 e. The molecule has 0 saturated carbocycles. The molecule has 96 valence electrons. The number of halogens is 1. The SMILES string of the molecule is O=c1c2n[nH]c(=O)n2ccn1Cc1cccc(F)c1. The van der Waals surface area contributed by atoms with Crippen molar-refractivity contribution in [2.24, 2.45) is 0 Å². The third-order valence-corrected chi connectivity index (χ3v) is 2.79. The van der Waals surface area contributed by atoms with Crippen molar-refractivity contribution in [3.05, 3.63) is 68.9 Å². The second-order valence-electron chi connectivity index (χ2n) is 4.08. The van der Waals surface area contributed by atoms with Crippen LogP contribution in [0.3, 0.4) is 0 Å². The first-order chi connectivity index (χ1) is 9.15. The van der Waals surface area contributed by atoms with Crippen molar-refractivity contribution >= 4 is 5.65 Å². The number of aromatic amines is 1. The van der Waals surface area contributed by atoms with Gasteiger partial charge in [-0.15, -0.1) is 5.10 Å². The molecular weight excluding hydrogens is 251 g/mol. The van der Waals surface area contributed by atoms with E-state index in [1.54, 1.807) is 12.1 Å². The molecule has 0 spiro atoms. The lowest BCUT2D eigenvalue weighted by Crippen LogP contribution is -2.24. The molecule has 7 heteroatoms. The molecule has 2 aromatic heterocycles. The maximum absolute atomic E-state index is 13.1. The van der Waals surface area contributed by atoms with Gasteiger partial charge in [-0.3, -0.25) is 4.79 Å². The highest BCUT2D eigenvalue weighted by Gasteiger charge is 2.07. The van der Waals surface area contributed by atoms with Crippen LogP contribution in [0.25, 0.3) is 5.65 Å². The number of rotatable bonds is 2. The highest BCUT2D eigenvalue weighted by atomic mass is 19.1. The normalized spacial score (nSPS) is 11.0. The molecule has 0 radical (unpaired) electrons. The lowest BCUT2D eigenvalue weighted by Gasteiger charge is -2.05. The van der Waals surface area contributed by atoms with Gasteiger partial charge in [-0.1, -0.05) is 12.1 Å². The molecule has 0 fully saturated rings. The van der Waals surface area contributed by atoms with Crippen LogP contribution in [0.2, 0.25) is 0 Å². The summed E-state index contributed by atoms with van der Waals surface area (Å²) < 4.78 is 15.6. The Labute approximate surface area is 105 Å². The van der Waals surface area contributed by atoms with E-state index >= 15 is 0 Å². The van der Waals surface area contributed by atoms with Gasteiger partial charge in [-0.25, -0.2) is 18.7 Å². The van der Waals surface area contributed by atoms with Crippen molar-refractivity contribution in [1.82, 2.24) is 19.2 Å². The number of hydrogen-bond acceptors (Lipinski definition) is 3. The van der Waals surface area contributed by atoms with Crippen molar-refractivity contribution in [1.29, 1.82) is 0 Å². The minimum Gasteiger partial charge on any atom is -0.306 e. The molecule has 0 saturated heterocycles. The van der Waals surface area contributed by atoms with Crippen molar-refractivity contribution in [2.75, 3.05) is 0 Å². The Morgan fingerprint density at radius 2 is 2.11 bits per heavy atom. The van der Waals surface area contributed by atoms with E-state index in [1.165, 1.54) is 29.1 Å².